The molecule has 0 saturated carbocycles. The van der Waals surface area contributed by atoms with Crippen molar-refractivity contribution in [3.63, 3.8) is 0 Å². The molecule has 1 saturated heterocycles. The number of aliphatic hydroxyl groups excluding tert-OH is 1. The summed E-state index contributed by atoms with van der Waals surface area (Å²) < 4.78 is 2.17. The van der Waals surface area contributed by atoms with Crippen molar-refractivity contribution in [2.24, 2.45) is 5.41 Å². The summed E-state index contributed by atoms with van der Waals surface area (Å²) in [5.74, 6) is 0.717. The highest BCUT2D eigenvalue weighted by Gasteiger charge is 2.35. The average Bonchev–Trinajstić information content (AvgIpc) is 3.21. The van der Waals surface area contributed by atoms with Crippen molar-refractivity contribution in [3.05, 3.63) is 35.2 Å². The van der Waals surface area contributed by atoms with E-state index in [2.05, 4.69) is 51.8 Å². The lowest BCUT2D eigenvalue weighted by atomic mass is 9.75. The number of fused-ring (bicyclic) bond motifs is 2. The van der Waals surface area contributed by atoms with Gasteiger partial charge in [-0.25, -0.2) is 0 Å². The molecule has 0 atom stereocenters. The Balaban J connectivity index is 1.68. The summed E-state index contributed by atoms with van der Waals surface area (Å²) in [6.45, 7) is 7.89. The number of hydrogen-bond donors (Lipinski definition) is 3. The molecule has 0 radical (unpaired) electrons. The number of nitrogens with one attached hydrogen (secondary N) is 1. The van der Waals surface area contributed by atoms with Crippen molar-refractivity contribution in [3.8, 4) is 5.69 Å². The van der Waals surface area contributed by atoms with Crippen molar-refractivity contribution in [1.82, 2.24) is 14.8 Å². The van der Waals surface area contributed by atoms with Crippen molar-refractivity contribution in [1.29, 1.82) is 0 Å². The molecule has 4 N–H and O–H groups in total. The molecule has 0 spiro atoms. The molecule has 0 unspecified atom stereocenters. The van der Waals surface area contributed by atoms with Crippen LogP contribution in [0.3, 0.4) is 0 Å². The van der Waals surface area contributed by atoms with Crippen LogP contribution in [0.25, 0.3) is 16.6 Å². The summed E-state index contributed by atoms with van der Waals surface area (Å²) >= 11 is 0. The number of carbonyl (C=O) groups is 1. The molecule has 2 aliphatic rings. The summed E-state index contributed by atoms with van der Waals surface area (Å²) in [4.78, 5) is 15.1. The number of H-pyrrole nitrogens is 1. The highest BCUT2D eigenvalue weighted by molar-refractivity contribution is 6.02. The van der Waals surface area contributed by atoms with Gasteiger partial charge in [0, 0.05) is 42.7 Å². The van der Waals surface area contributed by atoms with Crippen molar-refractivity contribution < 1.29 is 9.90 Å². The van der Waals surface area contributed by atoms with Crippen LogP contribution in [0.5, 0.6) is 0 Å². The first-order valence-corrected chi connectivity index (χ1v) is 10.7. The van der Waals surface area contributed by atoms with E-state index in [9.17, 15) is 9.90 Å². The average molecular weight is 408 g/mol. The third-order valence-corrected chi connectivity index (χ3v) is 6.60. The molecule has 5 rings (SSSR count). The first-order valence-electron chi connectivity index (χ1n) is 10.7. The lowest BCUT2D eigenvalue weighted by Crippen LogP contribution is -2.36. The number of rotatable bonds is 2. The number of aromatic nitrogens is 3. The van der Waals surface area contributed by atoms with Gasteiger partial charge in [0.25, 0.3) is 0 Å². The van der Waals surface area contributed by atoms with Gasteiger partial charge < -0.3 is 20.3 Å². The van der Waals surface area contributed by atoms with Gasteiger partial charge in [0.05, 0.1) is 22.7 Å². The number of ketones is 1. The maximum atomic E-state index is 12.8. The standard InChI is InChI=1S/C23H29N5O2/c1-13-12-28(18-10-23(2,3)11-19(30)20(13)18)14-8-16-21(22(24)26-25-16)17(9-14)27-6-4-15(29)5-7-27/h8-9,12,15,29H,4-7,10-11H2,1-3H3,(H3,24,25,26). The van der Waals surface area contributed by atoms with Gasteiger partial charge in [0.1, 0.15) is 0 Å². The number of aliphatic hydroxyl groups is 1. The molecule has 7 nitrogen and oxygen atoms in total. The first kappa shape index (κ1) is 19.2. The number of nitrogens with zero attached hydrogens (tertiary/aromatic N) is 3. The van der Waals surface area contributed by atoms with Crippen LogP contribution in [-0.4, -0.2) is 44.8 Å². The maximum absolute atomic E-state index is 12.8. The smallest absolute Gasteiger partial charge is 0.165 e. The fraction of sp³-hybridized carbons (Fsp3) is 0.478. The molecular weight excluding hydrogens is 378 g/mol. The number of nitrogens with two attached hydrogens (primary N) is 1. The fourth-order valence-corrected chi connectivity index (χ4v) is 5.15. The fourth-order valence-electron chi connectivity index (χ4n) is 5.15. The molecule has 158 valence electrons. The quantitative estimate of drug-likeness (QED) is 0.605. The highest BCUT2D eigenvalue weighted by atomic mass is 16.3. The van der Waals surface area contributed by atoms with Crippen LogP contribution in [0.2, 0.25) is 0 Å². The molecule has 2 aromatic heterocycles. The second-order valence-corrected chi connectivity index (χ2v) is 9.66. The molecule has 1 aliphatic carbocycles. The van der Waals surface area contributed by atoms with Crippen molar-refractivity contribution in [2.45, 2.75) is 52.6 Å². The van der Waals surface area contributed by atoms with E-state index in [1.54, 1.807) is 0 Å². The minimum atomic E-state index is -0.242. The van der Waals surface area contributed by atoms with E-state index in [0.29, 0.717) is 12.2 Å². The van der Waals surface area contributed by atoms with Gasteiger partial charge in [-0.1, -0.05) is 13.8 Å². The molecule has 0 amide bonds. The molecular formula is C23H29N5O2. The number of aryl methyl sites for hydroxylation is 1. The van der Waals surface area contributed by atoms with E-state index in [0.717, 1.165) is 71.5 Å². The number of piperidine rings is 1. The Bertz CT molecular complexity index is 1150. The van der Waals surface area contributed by atoms with Crippen molar-refractivity contribution >= 4 is 28.2 Å². The Morgan fingerprint density at radius 1 is 1.23 bits per heavy atom. The van der Waals surface area contributed by atoms with Crippen LogP contribution in [0.15, 0.2) is 18.3 Å². The second kappa shape index (κ2) is 6.60. The van der Waals surface area contributed by atoms with Crippen LogP contribution in [0.4, 0.5) is 11.5 Å². The topological polar surface area (TPSA) is 100 Å². The van der Waals surface area contributed by atoms with Gasteiger partial charge >= 0.3 is 0 Å². The van der Waals surface area contributed by atoms with Crippen LogP contribution < -0.4 is 10.6 Å². The van der Waals surface area contributed by atoms with E-state index in [1.807, 2.05) is 6.92 Å². The Hall–Kier alpha value is -2.80. The Morgan fingerprint density at radius 3 is 2.70 bits per heavy atom. The van der Waals surface area contributed by atoms with Gasteiger partial charge in [-0.05, 0) is 49.3 Å². The van der Waals surface area contributed by atoms with E-state index < -0.39 is 0 Å². The predicted octanol–water partition coefficient (Wildman–Crippen LogP) is 3.36. The van der Waals surface area contributed by atoms with Gasteiger partial charge in [0.15, 0.2) is 11.6 Å². The van der Waals surface area contributed by atoms with Crippen LogP contribution in [0, 0.1) is 12.3 Å². The van der Waals surface area contributed by atoms with E-state index in [1.165, 1.54) is 0 Å². The molecule has 30 heavy (non-hydrogen) atoms. The molecule has 3 heterocycles. The molecule has 7 heteroatoms. The first-order chi connectivity index (χ1) is 14.2. The van der Waals surface area contributed by atoms with E-state index in [-0.39, 0.29) is 17.3 Å². The number of benzene rings is 1. The molecule has 1 aliphatic heterocycles. The lowest BCUT2D eigenvalue weighted by Gasteiger charge is -2.33. The summed E-state index contributed by atoms with van der Waals surface area (Å²) in [6.07, 6.45) is 4.76. The zero-order valence-corrected chi connectivity index (χ0v) is 17.8. The SMILES string of the molecule is Cc1cn(-c2cc(N3CCC(O)CC3)c3c(N)n[nH]c3c2)c2c1C(=O)CC(C)(C)C2. The highest BCUT2D eigenvalue weighted by Crippen LogP contribution is 2.40. The monoisotopic (exact) mass is 407 g/mol. The van der Waals surface area contributed by atoms with Crippen LogP contribution in [0.1, 0.15) is 54.7 Å². The largest absolute Gasteiger partial charge is 0.393 e. The van der Waals surface area contributed by atoms with E-state index >= 15 is 0 Å². The third-order valence-electron chi connectivity index (χ3n) is 6.60. The zero-order chi connectivity index (χ0) is 21.2. The number of hydrogen-bond acceptors (Lipinski definition) is 5. The Kier molecular flexibility index (Phi) is 4.22. The molecule has 1 fully saturated rings. The minimum Gasteiger partial charge on any atom is -0.393 e. The Morgan fingerprint density at radius 2 is 1.97 bits per heavy atom. The lowest BCUT2D eigenvalue weighted by molar-refractivity contribution is 0.0910. The number of anilines is 2. The molecule has 0 bridgehead atoms. The number of carbonyl (C=O) groups excluding carboxylic acids is 1. The van der Waals surface area contributed by atoms with E-state index in [4.69, 9.17) is 5.73 Å². The number of nitrogen functional groups attached to an aromatic ring is 1. The zero-order valence-electron chi connectivity index (χ0n) is 17.8. The normalized spacial score (nSPS) is 19.5. The Labute approximate surface area is 175 Å². The maximum Gasteiger partial charge on any atom is 0.165 e. The van der Waals surface area contributed by atoms with Gasteiger partial charge in [0.2, 0.25) is 0 Å². The molecule has 3 aromatic rings. The van der Waals surface area contributed by atoms with Crippen LogP contribution >= 0.6 is 0 Å². The summed E-state index contributed by atoms with van der Waals surface area (Å²) in [6, 6.07) is 4.21. The van der Waals surface area contributed by atoms with Gasteiger partial charge in [-0.15, -0.1) is 0 Å². The van der Waals surface area contributed by atoms with Gasteiger partial charge in [-0.2, -0.15) is 5.10 Å². The third kappa shape index (κ3) is 2.99. The number of aromatic amines is 1. The predicted molar refractivity (Wildman–Crippen MR) is 118 cm³/mol. The van der Waals surface area contributed by atoms with Crippen LogP contribution in [-0.2, 0) is 6.42 Å². The minimum absolute atomic E-state index is 0.0546. The summed E-state index contributed by atoms with van der Waals surface area (Å²) in [5.41, 5.74) is 12.0. The summed E-state index contributed by atoms with van der Waals surface area (Å²) in [5, 5.41) is 18.2. The summed E-state index contributed by atoms with van der Waals surface area (Å²) in [7, 11) is 0. The molecule has 1 aromatic carbocycles. The van der Waals surface area contributed by atoms with Crippen molar-refractivity contribution in [2.75, 3.05) is 23.7 Å². The number of Topliss-reactive ketones (excluding diaryl/α,β-unsaturated/α-hetero) is 1. The van der Waals surface area contributed by atoms with Gasteiger partial charge in [-0.3, -0.25) is 9.89 Å². The second-order valence-electron chi connectivity index (χ2n) is 9.66.